The summed E-state index contributed by atoms with van der Waals surface area (Å²) in [5.41, 5.74) is 10.4. The Labute approximate surface area is 117 Å². The van der Waals surface area contributed by atoms with Gasteiger partial charge in [0.1, 0.15) is 0 Å². The molecule has 1 aliphatic rings. The third kappa shape index (κ3) is 2.45. The molecule has 0 spiro atoms. The van der Waals surface area contributed by atoms with E-state index in [2.05, 4.69) is 15.7 Å². The molecule has 0 aliphatic carbocycles. The van der Waals surface area contributed by atoms with Crippen molar-refractivity contribution in [2.45, 2.75) is 19.4 Å². The van der Waals surface area contributed by atoms with Crippen LogP contribution in [0.1, 0.15) is 17.7 Å². The average Bonchev–Trinajstić information content (AvgIpc) is 2.82. The lowest BCUT2D eigenvalue weighted by Gasteiger charge is -2.19. The van der Waals surface area contributed by atoms with E-state index in [-0.39, 0.29) is 5.91 Å². The molecule has 20 heavy (non-hydrogen) atoms. The number of nitrogens with zero attached hydrogens (tertiary/aromatic N) is 2. The highest BCUT2D eigenvalue weighted by atomic mass is 16.1. The van der Waals surface area contributed by atoms with Crippen molar-refractivity contribution in [2.75, 3.05) is 16.4 Å². The van der Waals surface area contributed by atoms with Crippen molar-refractivity contribution in [3.05, 3.63) is 35.7 Å². The van der Waals surface area contributed by atoms with E-state index in [1.807, 2.05) is 31.4 Å². The standard InChI is InChI=1S/C14H17N5O/c1-19-5-4-10(18-19)8-16-13-6-9-2-3-14(20)17-12(9)7-11(13)15/h4-7,16H,2-3,8,15H2,1H3,(H,17,20). The number of hydrogen-bond donors (Lipinski definition) is 3. The third-order valence-electron chi connectivity index (χ3n) is 3.40. The molecule has 0 radical (unpaired) electrons. The number of amides is 1. The second-order valence-corrected chi connectivity index (χ2v) is 4.98. The first-order valence-electron chi connectivity index (χ1n) is 6.56. The zero-order valence-electron chi connectivity index (χ0n) is 11.3. The summed E-state index contributed by atoms with van der Waals surface area (Å²) in [5.74, 6) is 0.0473. The fraction of sp³-hybridized carbons (Fsp3) is 0.286. The van der Waals surface area contributed by atoms with Crippen molar-refractivity contribution in [3.63, 3.8) is 0 Å². The van der Waals surface area contributed by atoms with Gasteiger partial charge in [0, 0.05) is 25.4 Å². The zero-order chi connectivity index (χ0) is 14.1. The van der Waals surface area contributed by atoms with E-state index in [0.29, 0.717) is 18.7 Å². The molecule has 0 saturated carbocycles. The number of hydrogen-bond acceptors (Lipinski definition) is 4. The molecule has 6 heteroatoms. The van der Waals surface area contributed by atoms with E-state index in [9.17, 15) is 4.79 Å². The second kappa shape index (κ2) is 4.88. The molecule has 0 unspecified atom stereocenters. The van der Waals surface area contributed by atoms with Crippen LogP contribution in [0.15, 0.2) is 24.4 Å². The molecule has 1 amide bonds. The van der Waals surface area contributed by atoms with E-state index in [1.165, 1.54) is 0 Å². The number of carbonyl (C=O) groups excluding carboxylic acids is 1. The molecule has 104 valence electrons. The quantitative estimate of drug-likeness (QED) is 0.738. The van der Waals surface area contributed by atoms with Gasteiger partial charge in [0.2, 0.25) is 5.91 Å². The number of fused-ring (bicyclic) bond motifs is 1. The maximum absolute atomic E-state index is 11.4. The van der Waals surface area contributed by atoms with Gasteiger partial charge >= 0.3 is 0 Å². The molecular weight excluding hydrogens is 254 g/mol. The van der Waals surface area contributed by atoms with Gasteiger partial charge in [0.25, 0.3) is 0 Å². The van der Waals surface area contributed by atoms with Gasteiger partial charge in [-0.3, -0.25) is 9.48 Å². The summed E-state index contributed by atoms with van der Waals surface area (Å²) < 4.78 is 1.77. The fourth-order valence-corrected chi connectivity index (χ4v) is 2.34. The van der Waals surface area contributed by atoms with Crippen molar-refractivity contribution in [3.8, 4) is 0 Å². The van der Waals surface area contributed by atoms with Crippen LogP contribution in [-0.2, 0) is 24.8 Å². The first-order chi connectivity index (χ1) is 9.61. The van der Waals surface area contributed by atoms with Gasteiger partial charge in [-0.2, -0.15) is 5.10 Å². The molecule has 1 aliphatic heterocycles. The molecule has 0 atom stereocenters. The molecule has 2 aromatic rings. The molecule has 2 heterocycles. The molecule has 4 N–H and O–H groups in total. The fourth-order valence-electron chi connectivity index (χ4n) is 2.34. The molecule has 3 rings (SSSR count). The Morgan fingerprint density at radius 1 is 1.45 bits per heavy atom. The summed E-state index contributed by atoms with van der Waals surface area (Å²) in [7, 11) is 1.89. The highest BCUT2D eigenvalue weighted by Crippen LogP contribution is 2.31. The van der Waals surface area contributed by atoms with Crippen LogP contribution in [0.4, 0.5) is 17.1 Å². The summed E-state index contributed by atoms with van der Waals surface area (Å²) in [6.07, 6.45) is 3.18. The summed E-state index contributed by atoms with van der Waals surface area (Å²) in [5, 5.41) is 10.4. The number of benzene rings is 1. The van der Waals surface area contributed by atoms with Gasteiger partial charge in [-0.15, -0.1) is 0 Å². The summed E-state index contributed by atoms with van der Waals surface area (Å²) in [6.45, 7) is 0.621. The van der Waals surface area contributed by atoms with E-state index in [1.54, 1.807) is 4.68 Å². The highest BCUT2D eigenvalue weighted by molar-refractivity contribution is 5.95. The number of carbonyl (C=O) groups is 1. The number of rotatable bonds is 3. The smallest absolute Gasteiger partial charge is 0.224 e. The van der Waals surface area contributed by atoms with Crippen LogP contribution in [-0.4, -0.2) is 15.7 Å². The number of nitrogens with one attached hydrogen (secondary N) is 2. The zero-order valence-corrected chi connectivity index (χ0v) is 11.3. The number of aryl methyl sites for hydroxylation is 2. The maximum Gasteiger partial charge on any atom is 0.224 e. The Morgan fingerprint density at radius 2 is 2.30 bits per heavy atom. The van der Waals surface area contributed by atoms with E-state index < -0.39 is 0 Å². The van der Waals surface area contributed by atoms with Crippen molar-refractivity contribution in [2.24, 2.45) is 7.05 Å². The SMILES string of the molecule is Cn1ccc(CNc2cc3c(cc2N)NC(=O)CC3)n1. The molecule has 1 aromatic heterocycles. The first kappa shape index (κ1) is 12.5. The van der Waals surface area contributed by atoms with Crippen molar-refractivity contribution in [1.29, 1.82) is 0 Å². The van der Waals surface area contributed by atoms with Crippen LogP contribution in [0.25, 0.3) is 0 Å². The second-order valence-electron chi connectivity index (χ2n) is 4.98. The highest BCUT2D eigenvalue weighted by Gasteiger charge is 2.16. The van der Waals surface area contributed by atoms with Crippen LogP contribution in [0.5, 0.6) is 0 Å². The van der Waals surface area contributed by atoms with E-state index >= 15 is 0 Å². The lowest BCUT2D eigenvalue weighted by atomic mass is 10.0. The number of nitrogen functional groups attached to an aromatic ring is 1. The Balaban J connectivity index is 1.78. The molecule has 6 nitrogen and oxygen atoms in total. The Kier molecular flexibility index (Phi) is 3.06. The monoisotopic (exact) mass is 271 g/mol. The lowest BCUT2D eigenvalue weighted by Crippen LogP contribution is -2.19. The molecular formula is C14H17N5O. The van der Waals surface area contributed by atoms with Gasteiger partial charge in [-0.1, -0.05) is 0 Å². The Bertz CT molecular complexity index is 662. The van der Waals surface area contributed by atoms with Gasteiger partial charge in [0.05, 0.1) is 23.6 Å². The minimum absolute atomic E-state index is 0.0473. The average molecular weight is 271 g/mol. The van der Waals surface area contributed by atoms with Crippen LogP contribution in [0.3, 0.4) is 0 Å². The molecule has 1 aromatic carbocycles. The van der Waals surface area contributed by atoms with Gasteiger partial charge < -0.3 is 16.4 Å². The van der Waals surface area contributed by atoms with Crippen LogP contribution in [0.2, 0.25) is 0 Å². The largest absolute Gasteiger partial charge is 0.397 e. The topological polar surface area (TPSA) is 85.0 Å². The van der Waals surface area contributed by atoms with E-state index in [0.717, 1.165) is 29.1 Å². The summed E-state index contributed by atoms with van der Waals surface area (Å²) in [4.78, 5) is 11.4. The van der Waals surface area contributed by atoms with Crippen molar-refractivity contribution < 1.29 is 4.79 Å². The van der Waals surface area contributed by atoms with Gasteiger partial charge in [-0.05, 0) is 30.2 Å². The normalized spacial score (nSPS) is 13.8. The Morgan fingerprint density at radius 3 is 3.05 bits per heavy atom. The van der Waals surface area contributed by atoms with Gasteiger partial charge in [0.15, 0.2) is 0 Å². The molecule has 0 fully saturated rings. The van der Waals surface area contributed by atoms with Gasteiger partial charge in [-0.25, -0.2) is 0 Å². The third-order valence-corrected chi connectivity index (χ3v) is 3.40. The van der Waals surface area contributed by atoms with Crippen LogP contribution < -0.4 is 16.4 Å². The maximum atomic E-state index is 11.4. The van der Waals surface area contributed by atoms with Crippen molar-refractivity contribution >= 4 is 23.0 Å². The number of anilines is 3. The lowest BCUT2D eigenvalue weighted by molar-refractivity contribution is -0.116. The number of aromatic nitrogens is 2. The summed E-state index contributed by atoms with van der Waals surface area (Å²) >= 11 is 0. The van der Waals surface area contributed by atoms with Crippen molar-refractivity contribution in [1.82, 2.24) is 9.78 Å². The molecule has 0 bridgehead atoms. The first-order valence-corrected chi connectivity index (χ1v) is 6.56. The number of nitrogens with two attached hydrogens (primary N) is 1. The van der Waals surface area contributed by atoms with E-state index in [4.69, 9.17) is 5.73 Å². The minimum Gasteiger partial charge on any atom is -0.397 e. The van der Waals surface area contributed by atoms with Crippen LogP contribution in [0, 0.1) is 0 Å². The predicted octanol–water partition coefficient (Wildman–Crippen LogP) is 1.50. The predicted molar refractivity (Wildman–Crippen MR) is 78.3 cm³/mol. The molecule has 0 saturated heterocycles. The minimum atomic E-state index is 0.0473. The van der Waals surface area contributed by atoms with Crippen LogP contribution >= 0.6 is 0 Å². The Hall–Kier alpha value is -2.50. The summed E-state index contributed by atoms with van der Waals surface area (Å²) in [6, 6.07) is 5.78.